The normalized spacial score (nSPS) is 13.8. The lowest BCUT2D eigenvalue weighted by Gasteiger charge is -2.13. The van der Waals surface area contributed by atoms with Gasteiger partial charge in [-0.05, 0) is 30.9 Å². The fraction of sp³-hybridized carbons (Fsp3) is 0.375. The molecule has 0 bridgehead atoms. The second kappa shape index (κ2) is 6.43. The lowest BCUT2D eigenvalue weighted by molar-refractivity contribution is 0.280. The number of aromatic nitrogens is 2. The van der Waals surface area contributed by atoms with Crippen molar-refractivity contribution in [2.24, 2.45) is 5.92 Å². The third kappa shape index (κ3) is 3.84. The molecule has 1 heterocycles. The van der Waals surface area contributed by atoms with Gasteiger partial charge in [-0.3, -0.25) is 0 Å². The highest BCUT2D eigenvalue weighted by Gasteiger charge is 2.22. The van der Waals surface area contributed by atoms with Crippen LogP contribution in [-0.4, -0.2) is 23.7 Å². The molecule has 0 unspecified atom stereocenters. The van der Waals surface area contributed by atoms with E-state index >= 15 is 0 Å². The van der Waals surface area contributed by atoms with Crippen LogP contribution in [0.25, 0.3) is 0 Å². The molecule has 2 aromatic rings. The molecule has 0 spiro atoms. The molecule has 1 aromatic carbocycles. The summed E-state index contributed by atoms with van der Waals surface area (Å²) >= 11 is 0. The van der Waals surface area contributed by atoms with E-state index in [-0.39, 0.29) is 0 Å². The molecule has 5 nitrogen and oxygen atoms in total. The van der Waals surface area contributed by atoms with Crippen LogP contribution in [0, 0.1) is 5.92 Å². The van der Waals surface area contributed by atoms with Crippen molar-refractivity contribution in [3.8, 4) is 11.5 Å². The molecule has 0 saturated heterocycles. The van der Waals surface area contributed by atoms with Crippen molar-refractivity contribution in [1.82, 2.24) is 9.97 Å². The minimum absolute atomic E-state index is 0.676. The molecule has 1 aliphatic rings. The molecule has 1 fully saturated rings. The van der Waals surface area contributed by atoms with E-state index in [4.69, 9.17) is 9.47 Å². The van der Waals surface area contributed by atoms with Gasteiger partial charge >= 0.3 is 0 Å². The molecule has 1 saturated carbocycles. The summed E-state index contributed by atoms with van der Waals surface area (Å²) in [7, 11) is 1.66. The van der Waals surface area contributed by atoms with Crippen LogP contribution >= 0.6 is 0 Å². The fourth-order valence-corrected chi connectivity index (χ4v) is 2.02. The lowest BCUT2D eigenvalue weighted by atomic mass is 10.2. The van der Waals surface area contributed by atoms with E-state index in [1.807, 2.05) is 18.2 Å². The van der Waals surface area contributed by atoms with Gasteiger partial charge in [0.15, 0.2) is 11.5 Å². The topological polar surface area (TPSA) is 56.3 Å². The van der Waals surface area contributed by atoms with E-state index in [9.17, 15) is 0 Å². The Morgan fingerprint density at radius 3 is 2.71 bits per heavy atom. The van der Waals surface area contributed by atoms with Gasteiger partial charge in [0.25, 0.3) is 0 Å². The van der Waals surface area contributed by atoms with Crippen molar-refractivity contribution in [1.29, 1.82) is 0 Å². The number of nitrogens with one attached hydrogen (secondary N) is 1. The largest absolute Gasteiger partial charge is 0.493 e. The summed E-state index contributed by atoms with van der Waals surface area (Å²) in [6.07, 6.45) is 7.67. The van der Waals surface area contributed by atoms with Crippen LogP contribution in [0.2, 0.25) is 0 Å². The van der Waals surface area contributed by atoms with Gasteiger partial charge in [0, 0.05) is 36.3 Å². The van der Waals surface area contributed by atoms with Gasteiger partial charge in [-0.15, -0.1) is 0 Å². The van der Waals surface area contributed by atoms with E-state index in [0.717, 1.165) is 29.4 Å². The van der Waals surface area contributed by atoms with Crippen molar-refractivity contribution in [2.75, 3.05) is 19.0 Å². The molecule has 1 aromatic heterocycles. The van der Waals surface area contributed by atoms with Gasteiger partial charge in [0.2, 0.25) is 0 Å². The summed E-state index contributed by atoms with van der Waals surface area (Å²) in [5.74, 6) is 2.27. The Morgan fingerprint density at radius 1 is 1.19 bits per heavy atom. The molecule has 3 rings (SSSR count). The van der Waals surface area contributed by atoms with Crippen LogP contribution in [0.3, 0.4) is 0 Å². The van der Waals surface area contributed by atoms with Crippen LogP contribution in [0.1, 0.15) is 18.4 Å². The highest BCUT2D eigenvalue weighted by molar-refractivity contribution is 5.54. The third-order valence-corrected chi connectivity index (χ3v) is 3.45. The van der Waals surface area contributed by atoms with Gasteiger partial charge < -0.3 is 14.8 Å². The Bertz CT molecular complexity index is 585. The molecule has 0 aliphatic heterocycles. The molecule has 0 atom stereocenters. The molecule has 21 heavy (non-hydrogen) atoms. The van der Waals surface area contributed by atoms with Crippen molar-refractivity contribution >= 4 is 5.69 Å². The molecule has 110 valence electrons. The zero-order valence-corrected chi connectivity index (χ0v) is 12.1. The number of benzene rings is 1. The molecule has 0 radical (unpaired) electrons. The Balaban J connectivity index is 1.65. The van der Waals surface area contributed by atoms with Gasteiger partial charge in [0.05, 0.1) is 13.7 Å². The van der Waals surface area contributed by atoms with Crippen molar-refractivity contribution in [2.45, 2.75) is 19.4 Å². The van der Waals surface area contributed by atoms with Crippen molar-refractivity contribution in [3.05, 3.63) is 42.5 Å². The molecule has 0 amide bonds. The number of nitrogens with zero attached hydrogens (tertiary/aromatic N) is 2. The SMILES string of the molecule is COc1ccc(NCc2cncnc2)cc1OCC1CC1. The summed E-state index contributed by atoms with van der Waals surface area (Å²) in [5, 5.41) is 3.34. The summed E-state index contributed by atoms with van der Waals surface area (Å²) in [6, 6.07) is 5.88. The lowest BCUT2D eigenvalue weighted by Crippen LogP contribution is -2.03. The van der Waals surface area contributed by atoms with Crippen LogP contribution < -0.4 is 14.8 Å². The first kappa shape index (κ1) is 13.7. The van der Waals surface area contributed by atoms with E-state index in [0.29, 0.717) is 12.5 Å². The average molecular weight is 285 g/mol. The van der Waals surface area contributed by atoms with Crippen molar-refractivity contribution in [3.63, 3.8) is 0 Å². The predicted octanol–water partition coefficient (Wildman–Crippen LogP) is 2.89. The van der Waals surface area contributed by atoms with Crippen LogP contribution in [0.4, 0.5) is 5.69 Å². The summed E-state index contributed by atoms with van der Waals surface area (Å²) in [6.45, 7) is 1.45. The molecule has 1 N–H and O–H groups in total. The van der Waals surface area contributed by atoms with E-state index < -0.39 is 0 Å². The Hall–Kier alpha value is -2.30. The number of anilines is 1. The highest BCUT2D eigenvalue weighted by atomic mass is 16.5. The van der Waals surface area contributed by atoms with Gasteiger partial charge in [0.1, 0.15) is 6.33 Å². The smallest absolute Gasteiger partial charge is 0.163 e. The Morgan fingerprint density at radius 2 is 2.00 bits per heavy atom. The van der Waals surface area contributed by atoms with Crippen LogP contribution in [0.5, 0.6) is 11.5 Å². The maximum Gasteiger partial charge on any atom is 0.163 e. The summed E-state index contributed by atoms with van der Waals surface area (Å²) < 4.78 is 11.2. The van der Waals surface area contributed by atoms with E-state index in [1.54, 1.807) is 19.5 Å². The Labute approximate surface area is 124 Å². The molecular weight excluding hydrogens is 266 g/mol. The van der Waals surface area contributed by atoms with E-state index in [1.165, 1.54) is 19.2 Å². The minimum Gasteiger partial charge on any atom is -0.493 e. The number of ether oxygens (including phenoxy) is 2. The Kier molecular flexibility index (Phi) is 4.19. The van der Waals surface area contributed by atoms with Crippen molar-refractivity contribution < 1.29 is 9.47 Å². The average Bonchev–Trinajstić information content (AvgIpc) is 3.36. The first-order valence-corrected chi connectivity index (χ1v) is 7.14. The standard InChI is InChI=1S/C16H19N3O2/c1-20-15-5-4-14(6-16(15)21-10-12-2-3-12)19-9-13-7-17-11-18-8-13/h4-8,11-12,19H,2-3,9-10H2,1H3. The van der Waals surface area contributed by atoms with Gasteiger partial charge in [-0.1, -0.05) is 0 Å². The second-order valence-corrected chi connectivity index (χ2v) is 5.22. The maximum atomic E-state index is 5.85. The van der Waals surface area contributed by atoms with Gasteiger partial charge in [-0.2, -0.15) is 0 Å². The number of hydrogen-bond donors (Lipinski definition) is 1. The zero-order chi connectivity index (χ0) is 14.5. The second-order valence-electron chi connectivity index (χ2n) is 5.22. The highest BCUT2D eigenvalue weighted by Crippen LogP contribution is 2.34. The van der Waals surface area contributed by atoms with Gasteiger partial charge in [-0.25, -0.2) is 9.97 Å². The van der Waals surface area contributed by atoms with Crippen LogP contribution in [-0.2, 0) is 6.54 Å². The summed E-state index contributed by atoms with van der Waals surface area (Å²) in [5.41, 5.74) is 2.03. The predicted molar refractivity (Wildman–Crippen MR) is 80.6 cm³/mol. The first-order chi connectivity index (χ1) is 10.3. The number of methoxy groups -OCH3 is 1. The molecule has 5 heteroatoms. The fourth-order valence-electron chi connectivity index (χ4n) is 2.02. The zero-order valence-electron chi connectivity index (χ0n) is 12.1. The maximum absolute atomic E-state index is 5.85. The molecular formula is C16H19N3O2. The summed E-state index contributed by atoms with van der Waals surface area (Å²) in [4.78, 5) is 8.00. The first-order valence-electron chi connectivity index (χ1n) is 7.14. The van der Waals surface area contributed by atoms with Crippen LogP contribution in [0.15, 0.2) is 36.9 Å². The number of rotatable bonds is 7. The monoisotopic (exact) mass is 285 g/mol. The quantitative estimate of drug-likeness (QED) is 0.847. The van der Waals surface area contributed by atoms with E-state index in [2.05, 4.69) is 15.3 Å². The number of hydrogen-bond acceptors (Lipinski definition) is 5. The minimum atomic E-state index is 0.676. The third-order valence-electron chi connectivity index (χ3n) is 3.45. The molecule has 1 aliphatic carbocycles.